The van der Waals surface area contributed by atoms with Gasteiger partial charge in [0, 0.05) is 6.54 Å². The van der Waals surface area contributed by atoms with Gasteiger partial charge in [0.15, 0.2) is 0 Å². The summed E-state index contributed by atoms with van der Waals surface area (Å²) in [5.74, 6) is -0.489. The molecule has 0 spiro atoms. The van der Waals surface area contributed by atoms with Crippen molar-refractivity contribution in [2.75, 3.05) is 6.54 Å². The van der Waals surface area contributed by atoms with Crippen LogP contribution in [0, 0.1) is 0 Å². The number of nitrogens with one attached hydrogen (secondary N) is 1. The van der Waals surface area contributed by atoms with Crippen LogP contribution in [0.3, 0.4) is 0 Å². The van der Waals surface area contributed by atoms with E-state index in [2.05, 4.69) is 26.3 Å². The maximum Gasteiger partial charge on any atom is 0.260 e. The fraction of sp³-hybridized carbons (Fsp3) is 0.522. The molecule has 1 amide bonds. The molecule has 0 radical (unpaired) electrons. The molecule has 0 bridgehead atoms. The van der Waals surface area contributed by atoms with Gasteiger partial charge in [-0.3, -0.25) is 4.79 Å². The lowest BCUT2D eigenvalue weighted by Gasteiger charge is -2.37. The normalized spacial score (nSPS) is 18.8. The summed E-state index contributed by atoms with van der Waals surface area (Å²) < 4.78 is 33.8. The van der Waals surface area contributed by atoms with Gasteiger partial charge in [-0.2, -0.15) is 4.31 Å². The Hall–Kier alpha value is -1.74. The molecular weight excluding hydrogens is 428 g/mol. The Bertz CT molecular complexity index is 1050. The highest BCUT2D eigenvalue weighted by atomic mass is 32.2. The highest BCUT2D eigenvalue weighted by Crippen LogP contribution is 2.36. The smallest absolute Gasteiger partial charge is 0.260 e. The summed E-state index contributed by atoms with van der Waals surface area (Å²) >= 11 is 0. The number of amides is 1. The molecule has 3 rings (SSSR count). The molecule has 0 unspecified atom stereocenters. The van der Waals surface area contributed by atoms with Gasteiger partial charge >= 0.3 is 0 Å². The van der Waals surface area contributed by atoms with Crippen molar-refractivity contribution in [3.05, 3.63) is 48.0 Å². The third kappa shape index (κ3) is 5.55. The van der Waals surface area contributed by atoms with E-state index in [9.17, 15) is 13.2 Å². The number of sulfonamides is 1. The molecule has 2 aromatic rings. The Balaban J connectivity index is 1.75. The number of piperidine rings is 1. The van der Waals surface area contributed by atoms with Gasteiger partial charge in [-0.05, 0) is 47.3 Å². The zero-order valence-corrected chi connectivity index (χ0v) is 21.0. The average Bonchev–Trinajstić information content (AvgIpc) is 2.71. The first kappa shape index (κ1) is 23.9. The Morgan fingerprint density at radius 2 is 1.81 bits per heavy atom. The van der Waals surface area contributed by atoms with Gasteiger partial charge in [-0.15, -0.1) is 0 Å². The number of hydrogen-bond acceptors (Lipinski definition) is 4. The number of nitrogens with zero attached hydrogens (tertiary/aromatic N) is 1. The van der Waals surface area contributed by atoms with Crippen molar-refractivity contribution < 1.29 is 17.7 Å². The van der Waals surface area contributed by atoms with Crippen molar-refractivity contribution in [1.29, 1.82) is 0 Å². The predicted octanol–water partition coefficient (Wildman–Crippen LogP) is 4.58. The summed E-state index contributed by atoms with van der Waals surface area (Å²) in [5.41, 5.74) is 3.33. The largest absolute Gasteiger partial charge is 0.319 e. The zero-order valence-electron chi connectivity index (χ0n) is 19.1. The molecule has 1 heterocycles. The Morgan fingerprint density at radius 3 is 2.48 bits per heavy atom. The topological polar surface area (TPSA) is 75.7 Å². The van der Waals surface area contributed by atoms with Crippen LogP contribution in [0.2, 0.25) is 18.1 Å². The lowest BCUT2D eigenvalue weighted by Crippen LogP contribution is -2.55. The van der Waals surface area contributed by atoms with E-state index in [1.807, 2.05) is 55.6 Å². The first-order chi connectivity index (χ1) is 14.4. The third-order valence-electron chi connectivity index (χ3n) is 6.49. The molecular formula is C23H34N2O4SSi. The van der Waals surface area contributed by atoms with Gasteiger partial charge in [0.25, 0.3) is 5.91 Å². The van der Waals surface area contributed by atoms with E-state index in [1.54, 1.807) is 0 Å². The summed E-state index contributed by atoms with van der Waals surface area (Å²) in [6, 6.07) is 12.8. The summed E-state index contributed by atoms with van der Waals surface area (Å²) in [7, 11) is -5.84. The summed E-state index contributed by atoms with van der Waals surface area (Å²) in [6.07, 6.45) is 2.08. The summed E-state index contributed by atoms with van der Waals surface area (Å²) in [5, 5.41) is 2.02. The van der Waals surface area contributed by atoms with Gasteiger partial charge in [0.2, 0.25) is 18.3 Å². The minimum atomic E-state index is -3.65. The maximum atomic E-state index is 13.3. The molecule has 31 heavy (non-hydrogen) atoms. The van der Waals surface area contributed by atoms with Crippen LogP contribution in [0.25, 0.3) is 10.8 Å². The minimum absolute atomic E-state index is 0.0608. The molecule has 1 aliphatic rings. The van der Waals surface area contributed by atoms with Crippen LogP contribution in [0.15, 0.2) is 42.5 Å². The maximum absolute atomic E-state index is 13.3. The number of carbonyl (C=O) groups is 1. The number of fused-ring (bicyclic) bond motifs is 1. The monoisotopic (exact) mass is 462 g/mol. The zero-order chi connectivity index (χ0) is 22.9. The van der Waals surface area contributed by atoms with Gasteiger partial charge in [-0.25, -0.2) is 13.9 Å². The van der Waals surface area contributed by atoms with E-state index in [0.717, 1.165) is 29.2 Å². The quantitative estimate of drug-likeness (QED) is 0.504. The van der Waals surface area contributed by atoms with Crippen molar-refractivity contribution in [3.8, 4) is 0 Å². The van der Waals surface area contributed by atoms with Crippen molar-refractivity contribution in [3.63, 3.8) is 0 Å². The van der Waals surface area contributed by atoms with Crippen molar-refractivity contribution in [2.24, 2.45) is 0 Å². The molecule has 170 valence electrons. The molecule has 6 nitrogen and oxygen atoms in total. The minimum Gasteiger partial charge on any atom is -0.319 e. The average molecular weight is 463 g/mol. The van der Waals surface area contributed by atoms with E-state index in [0.29, 0.717) is 13.0 Å². The molecule has 1 atom stereocenters. The molecule has 1 N–H and O–H groups in total. The first-order valence-corrected chi connectivity index (χ1v) is 15.4. The van der Waals surface area contributed by atoms with Gasteiger partial charge in [0.1, 0.15) is 6.04 Å². The standard InChI is InChI=1S/C23H34N2O4SSi/c1-23(2,3)31(4,5)29-24-22(26)21-12-8-9-15-25(21)30(27,28)17-18-13-14-19-10-6-7-11-20(19)16-18/h6-7,10-11,13-14,16,21H,8-9,12,15,17H2,1-5H3,(H,24,26)/t21-/m1/s1. The molecule has 8 heteroatoms. The molecule has 0 aliphatic carbocycles. The second-order valence-corrected chi connectivity index (χ2v) is 16.5. The fourth-order valence-electron chi connectivity index (χ4n) is 3.52. The Morgan fingerprint density at radius 1 is 1.13 bits per heavy atom. The Labute approximate surface area is 187 Å². The molecule has 1 fully saturated rings. The van der Waals surface area contributed by atoms with Crippen LogP contribution < -0.4 is 5.48 Å². The van der Waals surface area contributed by atoms with E-state index >= 15 is 0 Å². The number of benzene rings is 2. The van der Waals surface area contributed by atoms with Crippen LogP contribution in [0.1, 0.15) is 45.6 Å². The Kier molecular flexibility index (Phi) is 6.95. The number of hydrogen-bond donors (Lipinski definition) is 1. The van der Waals surface area contributed by atoms with Gasteiger partial charge < -0.3 is 4.53 Å². The number of rotatable bonds is 6. The van der Waals surface area contributed by atoms with E-state index in [-0.39, 0.29) is 16.7 Å². The van der Waals surface area contributed by atoms with Crippen molar-refractivity contribution >= 4 is 35.0 Å². The second-order valence-electron chi connectivity index (χ2n) is 9.89. The third-order valence-corrected chi connectivity index (χ3v) is 12.6. The predicted molar refractivity (Wildman–Crippen MR) is 127 cm³/mol. The molecule has 0 aromatic heterocycles. The summed E-state index contributed by atoms with van der Waals surface area (Å²) in [4.78, 5) is 12.9. The van der Waals surface area contributed by atoms with Gasteiger partial charge in [-0.1, -0.05) is 69.7 Å². The SMILES string of the molecule is CC(C)(C)[Si](C)(C)ONC(=O)[C@H]1CCCCN1S(=O)(=O)Cc1ccc2ccccc2c1. The van der Waals surface area contributed by atoms with E-state index < -0.39 is 24.4 Å². The molecule has 1 saturated heterocycles. The number of hydroxylamine groups is 1. The van der Waals surface area contributed by atoms with Crippen LogP contribution in [0.5, 0.6) is 0 Å². The highest BCUT2D eigenvalue weighted by molar-refractivity contribution is 7.88. The fourth-order valence-corrected chi connectivity index (χ4v) is 5.95. The lowest BCUT2D eigenvalue weighted by atomic mass is 10.0. The second kappa shape index (κ2) is 9.01. The van der Waals surface area contributed by atoms with E-state index in [1.165, 1.54) is 4.31 Å². The first-order valence-electron chi connectivity index (χ1n) is 10.9. The molecule has 0 saturated carbocycles. The van der Waals surface area contributed by atoms with Crippen molar-refractivity contribution in [2.45, 2.75) is 70.0 Å². The summed E-state index contributed by atoms with van der Waals surface area (Å²) in [6.45, 7) is 10.7. The number of carbonyl (C=O) groups excluding carboxylic acids is 1. The molecule has 1 aliphatic heterocycles. The van der Waals surface area contributed by atoms with Crippen LogP contribution >= 0.6 is 0 Å². The van der Waals surface area contributed by atoms with Gasteiger partial charge in [0.05, 0.1) is 5.75 Å². The van der Waals surface area contributed by atoms with Crippen LogP contribution in [-0.2, 0) is 25.1 Å². The van der Waals surface area contributed by atoms with E-state index in [4.69, 9.17) is 4.53 Å². The molecule has 2 aromatic carbocycles. The van der Waals surface area contributed by atoms with Crippen LogP contribution in [-0.4, -0.2) is 39.5 Å². The van der Waals surface area contributed by atoms with Crippen molar-refractivity contribution in [1.82, 2.24) is 9.79 Å². The lowest BCUT2D eigenvalue weighted by molar-refractivity contribution is -0.133. The highest BCUT2D eigenvalue weighted by Gasteiger charge is 2.41. The van der Waals surface area contributed by atoms with Crippen LogP contribution in [0.4, 0.5) is 0 Å².